The average molecular weight is 399 g/mol. The van der Waals surface area contributed by atoms with E-state index in [-0.39, 0.29) is 6.42 Å². The second-order valence-corrected chi connectivity index (χ2v) is 7.77. The highest BCUT2D eigenvalue weighted by Crippen LogP contribution is 2.35. The number of carboxylic acid groups (broad SMARTS) is 1. The van der Waals surface area contributed by atoms with Crippen LogP contribution in [0.15, 0.2) is 72.8 Å². The van der Waals surface area contributed by atoms with Crippen molar-refractivity contribution < 1.29 is 14.6 Å². The molecule has 4 aromatic rings. The average Bonchev–Trinajstić information content (AvgIpc) is 3.11. The number of hydrogen-bond donors (Lipinski definition) is 2. The van der Waals surface area contributed by atoms with Gasteiger partial charge in [0.2, 0.25) is 0 Å². The molecule has 0 atom stereocenters. The molecule has 0 bridgehead atoms. The van der Waals surface area contributed by atoms with Gasteiger partial charge in [-0.1, -0.05) is 62.4 Å². The number of ether oxygens (including phenoxy) is 1. The van der Waals surface area contributed by atoms with Crippen molar-refractivity contribution in [2.45, 2.75) is 32.8 Å². The molecule has 4 nitrogen and oxygen atoms in total. The number of rotatable bonds is 7. The highest BCUT2D eigenvalue weighted by Gasteiger charge is 2.18. The number of nitrogens with one attached hydrogen (secondary N) is 1. The van der Waals surface area contributed by atoms with Gasteiger partial charge in [-0.05, 0) is 52.4 Å². The van der Waals surface area contributed by atoms with Crippen molar-refractivity contribution >= 4 is 16.9 Å². The molecule has 3 aromatic carbocycles. The monoisotopic (exact) mass is 399 g/mol. The van der Waals surface area contributed by atoms with Gasteiger partial charge in [-0.2, -0.15) is 0 Å². The maximum atomic E-state index is 11.6. The number of para-hydroxylation sites is 1. The zero-order valence-corrected chi connectivity index (χ0v) is 17.2. The fourth-order valence-corrected chi connectivity index (χ4v) is 3.82. The van der Waals surface area contributed by atoms with Crippen LogP contribution in [0.2, 0.25) is 0 Å². The van der Waals surface area contributed by atoms with Crippen LogP contribution in [-0.2, 0) is 17.8 Å². The van der Waals surface area contributed by atoms with Gasteiger partial charge in [0.25, 0.3) is 0 Å². The first-order valence-corrected chi connectivity index (χ1v) is 10.2. The molecule has 0 fully saturated rings. The topological polar surface area (TPSA) is 62.3 Å². The van der Waals surface area contributed by atoms with Gasteiger partial charge in [-0.15, -0.1) is 0 Å². The maximum Gasteiger partial charge on any atom is 0.307 e. The highest BCUT2D eigenvalue weighted by atomic mass is 16.5. The number of carbonyl (C=O) groups is 1. The summed E-state index contributed by atoms with van der Waals surface area (Å²) in [6.45, 7) is 4.80. The largest absolute Gasteiger partial charge is 0.489 e. The molecule has 152 valence electrons. The summed E-state index contributed by atoms with van der Waals surface area (Å²) in [5, 5.41) is 10.5. The van der Waals surface area contributed by atoms with Crippen molar-refractivity contribution in [2.24, 2.45) is 0 Å². The van der Waals surface area contributed by atoms with Gasteiger partial charge in [0.05, 0.1) is 12.1 Å². The Kier molecular flexibility index (Phi) is 5.57. The molecule has 0 amide bonds. The van der Waals surface area contributed by atoms with Gasteiger partial charge in [-0.25, -0.2) is 0 Å². The van der Waals surface area contributed by atoms with Crippen LogP contribution in [0.5, 0.6) is 5.75 Å². The van der Waals surface area contributed by atoms with Crippen molar-refractivity contribution in [1.82, 2.24) is 4.98 Å². The lowest BCUT2D eigenvalue weighted by Crippen LogP contribution is -2.01. The van der Waals surface area contributed by atoms with Crippen LogP contribution < -0.4 is 4.74 Å². The number of carboxylic acids is 1. The van der Waals surface area contributed by atoms with E-state index in [1.807, 2.05) is 66.7 Å². The lowest BCUT2D eigenvalue weighted by molar-refractivity contribution is -0.136. The number of fused-ring (bicyclic) bond motifs is 1. The summed E-state index contributed by atoms with van der Waals surface area (Å²) in [5.74, 6) is 0.280. The second kappa shape index (κ2) is 8.46. The van der Waals surface area contributed by atoms with Crippen molar-refractivity contribution in [3.63, 3.8) is 0 Å². The lowest BCUT2D eigenvalue weighted by atomic mass is 9.98. The fraction of sp³-hybridized carbons (Fsp3) is 0.192. The molecule has 0 saturated carbocycles. The number of aromatic nitrogens is 1. The molecular formula is C26H25NO3. The molecule has 0 saturated heterocycles. The molecule has 0 aliphatic heterocycles. The molecule has 0 unspecified atom stereocenters. The zero-order valence-electron chi connectivity index (χ0n) is 17.2. The molecule has 2 N–H and O–H groups in total. The van der Waals surface area contributed by atoms with Crippen molar-refractivity contribution in [3.05, 3.63) is 89.5 Å². The Hall–Kier alpha value is -3.53. The second-order valence-electron chi connectivity index (χ2n) is 7.77. The third-order valence-electron chi connectivity index (χ3n) is 5.31. The fourth-order valence-electron chi connectivity index (χ4n) is 3.82. The van der Waals surface area contributed by atoms with Crippen LogP contribution in [0.3, 0.4) is 0 Å². The van der Waals surface area contributed by atoms with E-state index >= 15 is 0 Å². The van der Waals surface area contributed by atoms with Crippen LogP contribution in [0, 0.1) is 0 Å². The molecule has 4 heteroatoms. The van der Waals surface area contributed by atoms with Gasteiger partial charge in [0, 0.05) is 10.9 Å². The van der Waals surface area contributed by atoms with Gasteiger partial charge >= 0.3 is 5.97 Å². The number of benzene rings is 3. The summed E-state index contributed by atoms with van der Waals surface area (Å²) in [5.41, 5.74) is 5.94. The molecule has 0 spiro atoms. The quantitative estimate of drug-likeness (QED) is 0.391. The summed E-state index contributed by atoms with van der Waals surface area (Å²) in [4.78, 5) is 15.1. The molecule has 0 aliphatic carbocycles. The number of aromatic amines is 1. The highest BCUT2D eigenvalue weighted by molar-refractivity contribution is 5.95. The summed E-state index contributed by atoms with van der Waals surface area (Å²) < 4.78 is 5.88. The van der Waals surface area contributed by atoms with Crippen molar-refractivity contribution in [2.75, 3.05) is 0 Å². The zero-order chi connectivity index (χ0) is 21.1. The Morgan fingerprint density at radius 3 is 2.37 bits per heavy atom. The standard InChI is InChI=1S/C26H25NO3/c1-17(2)21-9-6-10-22-23(15-24(28)29)25(27-26(21)22)19-11-13-20(14-12-19)30-16-18-7-4-3-5-8-18/h3-14,17,27H,15-16H2,1-2H3,(H,28,29). The summed E-state index contributed by atoms with van der Waals surface area (Å²) in [6.07, 6.45) is -0.0247. The van der Waals surface area contributed by atoms with Crippen LogP contribution in [0.1, 0.15) is 36.5 Å². The number of aliphatic carboxylic acids is 1. The van der Waals surface area contributed by atoms with E-state index in [9.17, 15) is 9.90 Å². The van der Waals surface area contributed by atoms with Crippen molar-refractivity contribution in [1.29, 1.82) is 0 Å². The van der Waals surface area contributed by atoms with Gasteiger partial charge in [-0.3, -0.25) is 4.79 Å². The summed E-state index contributed by atoms with van der Waals surface area (Å²) in [7, 11) is 0. The third kappa shape index (κ3) is 4.08. The Bertz CT molecular complexity index is 1160. The normalized spacial score (nSPS) is 11.2. The van der Waals surface area contributed by atoms with Gasteiger partial charge in [0.1, 0.15) is 12.4 Å². The first-order chi connectivity index (χ1) is 14.5. The molecule has 0 aliphatic rings. The predicted octanol–water partition coefficient (Wildman–Crippen LogP) is 6.16. The lowest BCUT2D eigenvalue weighted by Gasteiger charge is -2.08. The summed E-state index contributed by atoms with van der Waals surface area (Å²) >= 11 is 0. The molecule has 1 aromatic heterocycles. The van der Waals surface area contributed by atoms with E-state index in [1.165, 1.54) is 5.56 Å². The number of H-pyrrole nitrogens is 1. The van der Waals surface area contributed by atoms with E-state index in [1.54, 1.807) is 0 Å². The van der Waals surface area contributed by atoms with Gasteiger partial charge in [0.15, 0.2) is 0 Å². The smallest absolute Gasteiger partial charge is 0.307 e. The van der Waals surface area contributed by atoms with E-state index in [2.05, 4.69) is 24.9 Å². The van der Waals surface area contributed by atoms with Crippen LogP contribution in [-0.4, -0.2) is 16.1 Å². The molecule has 4 rings (SSSR count). The molecule has 1 heterocycles. The molecule has 30 heavy (non-hydrogen) atoms. The van der Waals surface area contributed by atoms with E-state index < -0.39 is 5.97 Å². The summed E-state index contributed by atoms with van der Waals surface area (Å²) in [6, 6.07) is 23.9. The first-order valence-electron chi connectivity index (χ1n) is 10.2. The predicted molar refractivity (Wildman–Crippen MR) is 120 cm³/mol. The van der Waals surface area contributed by atoms with Crippen LogP contribution in [0.25, 0.3) is 22.2 Å². The van der Waals surface area contributed by atoms with Crippen molar-refractivity contribution in [3.8, 4) is 17.0 Å². The Labute approximate surface area is 176 Å². The Morgan fingerprint density at radius 2 is 1.70 bits per heavy atom. The van der Waals surface area contributed by atoms with E-state index in [4.69, 9.17) is 4.74 Å². The SMILES string of the molecule is CC(C)c1cccc2c(CC(=O)O)c(-c3ccc(OCc4ccccc4)cc3)[nH]c12. The van der Waals surface area contributed by atoms with Crippen LogP contribution >= 0.6 is 0 Å². The van der Waals surface area contributed by atoms with Gasteiger partial charge < -0.3 is 14.8 Å². The van der Waals surface area contributed by atoms with E-state index in [0.29, 0.717) is 12.5 Å². The number of hydrogen-bond acceptors (Lipinski definition) is 2. The maximum absolute atomic E-state index is 11.6. The minimum Gasteiger partial charge on any atom is -0.489 e. The van der Waals surface area contributed by atoms with Crippen LogP contribution in [0.4, 0.5) is 0 Å². The first kappa shape index (κ1) is 19.8. The molecule has 0 radical (unpaired) electrons. The minimum absolute atomic E-state index is 0.0247. The Morgan fingerprint density at radius 1 is 0.967 bits per heavy atom. The van der Waals surface area contributed by atoms with E-state index in [0.717, 1.165) is 39.0 Å². The molecular weight excluding hydrogens is 374 g/mol. The Balaban J connectivity index is 1.68. The third-order valence-corrected chi connectivity index (χ3v) is 5.31. The minimum atomic E-state index is -0.838.